The molecule has 0 amide bonds. The van der Waals surface area contributed by atoms with Gasteiger partial charge in [0, 0.05) is 18.9 Å². The molecule has 0 atom stereocenters. The first-order valence-electron chi connectivity index (χ1n) is 4.91. The van der Waals surface area contributed by atoms with Crippen molar-refractivity contribution in [2.24, 2.45) is 0 Å². The standard InChI is InChI=1S/C11H13N3O/c1-3-14-8-9(2)13-11(14)15-10-5-4-6-12-7-10/h4-8H,3H2,1-2H3. The highest BCUT2D eigenvalue weighted by Gasteiger charge is 2.06. The number of pyridine rings is 1. The van der Waals surface area contributed by atoms with E-state index in [0.717, 1.165) is 12.2 Å². The second kappa shape index (κ2) is 4.13. The highest BCUT2D eigenvalue weighted by atomic mass is 16.5. The average molecular weight is 203 g/mol. The lowest BCUT2D eigenvalue weighted by molar-refractivity contribution is 0.413. The summed E-state index contributed by atoms with van der Waals surface area (Å²) in [6.07, 6.45) is 5.35. The van der Waals surface area contributed by atoms with E-state index in [4.69, 9.17) is 4.74 Å². The van der Waals surface area contributed by atoms with Gasteiger partial charge < -0.3 is 9.30 Å². The van der Waals surface area contributed by atoms with Gasteiger partial charge in [0.05, 0.1) is 11.9 Å². The van der Waals surface area contributed by atoms with Gasteiger partial charge in [0.25, 0.3) is 0 Å². The van der Waals surface area contributed by atoms with Crippen LogP contribution in [0.3, 0.4) is 0 Å². The summed E-state index contributed by atoms with van der Waals surface area (Å²) >= 11 is 0. The molecule has 2 heterocycles. The molecule has 4 nitrogen and oxygen atoms in total. The van der Waals surface area contributed by atoms with Crippen molar-refractivity contribution in [3.8, 4) is 11.8 Å². The molecule has 0 aliphatic rings. The predicted octanol–water partition coefficient (Wildman–Crippen LogP) is 2.40. The van der Waals surface area contributed by atoms with Crippen molar-refractivity contribution in [3.63, 3.8) is 0 Å². The third-order valence-corrected chi connectivity index (χ3v) is 2.04. The van der Waals surface area contributed by atoms with Crippen molar-refractivity contribution >= 4 is 0 Å². The maximum atomic E-state index is 5.61. The van der Waals surface area contributed by atoms with Crippen LogP contribution >= 0.6 is 0 Å². The van der Waals surface area contributed by atoms with E-state index >= 15 is 0 Å². The lowest BCUT2D eigenvalue weighted by Crippen LogP contribution is -1.97. The fourth-order valence-electron chi connectivity index (χ4n) is 1.35. The summed E-state index contributed by atoms with van der Waals surface area (Å²) < 4.78 is 7.57. The lowest BCUT2D eigenvalue weighted by Gasteiger charge is -2.05. The van der Waals surface area contributed by atoms with Crippen LogP contribution in [0.5, 0.6) is 11.8 Å². The lowest BCUT2D eigenvalue weighted by atomic mass is 10.5. The van der Waals surface area contributed by atoms with E-state index in [1.54, 1.807) is 12.4 Å². The number of aryl methyl sites for hydroxylation is 2. The number of hydrogen-bond acceptors (Lipinski definition) is 3. The van der Waals surface area contributed by atoms with Gasteiger partial charge >= 0.3 is 6.01 Å². The first-order chi connectivity index (χ1) is 7.29. The van der Waals surface area contributed by atoms with E-state index in [0.29, 0.717) is 11.8 Å². The van der Waals surface area contributed by atoms with Gasteiger partial charge in [-0.25, -0.2) is 4.98 Å². The van der Waals surface area contributed by atoms with E-state index in [9.17, 15) is 0 Å². The van der Waals surface area contributed by atoms with Crippen molar-refractivity contribution in [2.45, 2.75) is 20.4 Å². The van der Waals surface area contributed by atoms with Gasteiger partial charge in [-0.3, -0.25) is 4.98 Å². The molecule has 0 fully saturated rings. The molecule has 2 aromatic heterocycles. The first kappa shape index (κ1) is 9.71. The van der Waals surface area contributed by atoms with Crippen LogP contribution in [0.1, 0.15) is 12.6 Å². The fraction of sp³-hybridized carbons (Fsp3) is 0.273. The van der Waals surface area contributed by atoms with Gasteiger partial charge in [-0.05, 0) is 26.0 Å². The summed E-state index contributed by atoms with van der Waals surface area (Å²) in [4.78, 5) is 8.27. The van der Waals surface area contributed by atoms with Crippen molar-refractivity contribution in [3.05, 3.63) is 36.4 Å². The number of rotatable bonds is 3. The zero-order valence-corrected chi connectivity index (χ0v) is 8.84. The molecule has 2 aromatic rings. The van der Waals surface area contributed by atoms with E-state index in [1.807, 2.05) is 29.8 Å². The Morgan fingerprint density at radius 3 is 3.00 bits per heavy atom. The second-order valence-electron chi connectivity index (χ2n) is 3.24. The highest BCUT2D eigenvalue weighted by Crippen LogP contribution is 2.19. The van der Waals surface area contributed by atoms with Crippen LogP contribution in [0.15, 0.2) is 30.7 Å². The Morgan fingerprint density at radius 1 is 1.47 bits per heavy atom. The van der Waals surface area contributed by atoms with Gasteiger partial charge in [-0.2, -0.15) is 0 Å². The number of hydrogen-bond donors (Lipinski definition) is 0. The Labute approximate surface area is 88.6 Å². The minimum absolute atomic E-state index is 0.614. The summed E-state index contributed by atoms with van der Waals surface area (Å²) in [5.41, 5.74) is 0.954. The normalized spacial score (nSPS) is 10.3. The van der Waals surface area contributed by atoms with Crippen LogP contribution < -0.4 is 4.74 Å². The summed E-state index contributed by atoms with van der Waals surface area (Å²) in [7, 11) is 0. The van der Waals surface area contributed by atoms with Crippen LogP contribution in [-0.4, -0.2) is 14.5 Å². The highest BCUT2D eigenvalue weighted by molar-refractivity contribution is 5.21. The third-order valence-electron chi connectivity index (χ3n) is 2.04. The molecule has 4 heteroatoms. The molecule has 2 rings (SSSR count). The Kier molecular flexibility index (Phi) is 2.67. The molecule has 15 heavy (non-hydrogen) atoms. The van der Waals surface area contributed by atoms with Crippen molar-refractivity contribution in [2.75, 3.05) is 0 Å². The zero-order valence-electron chi connectivity index (χ0n) is 8.84. The molecule has 0 spiro atoms. The minimum atomic E-state index is 0.614. The zero-order chi connectivity index (χ0) is 10.7. The topological polar surface area (TPSA) is 39.9 Å². The van der Waals surface area contributed by atoms with E-state index in [1.165, 1.54) is 0 Å². The van der Waals surface area contributed by atoms with Gasteiger partial charge in [-0.15, -0.1) is 0 Å². The maximum absolute atomic E-state index is 5.61. The number of imidazole rings is 1. The molecule has 0 N–H and O–H groups in total. The molecule has 78 valence electrons. The van der Waals surface area contributed by atoms with Crippen LogP contribution in [-0.2, 0) is 6.54 Å². The van der Waals surface area contributed by atoms with Crippen molar-refractivity contribution in [1.29, 1.82) is 0 Å². The van der Waals surface area contributed by atoms with Crippen LogP contribution in [0.4, 0.5) is 0 Å². The molecule has 0 unspecified atom stereocenters. The molecule has 0 saturated carbocycles. The fourth-order valence-corrected chi connectivity index (χ4v) is 1.35. The van der Waals surface area contributed by atoms with Crippen molar-refractivity contribution in [1.82, 2.24) is 14.5 Å². The van der Waals surface area contributed by atoms with Gasteiger partial charge in [0.2, 0.25) is 0 Å². The summed E-state index contributed by atoms with van der Waals surface area (Å²) in [6.45, 7) is 4.84. The summed E-state index contributed by atoms with van der Waals surface area (Å²) in [5.74, 6) is 0.706. The van der Waals surface area contributed by atoms with E-state index in [2.05, 4.69) is 16.9 Å². The average Bonchev–Trinajstić information content (AvgIpc) is 2.60. The predicted molar refractivity (Wildman–Crippen MR) is 56.9 cm³/mol. The molecule has 0 radical (unpaired) electrons. The number of aromatic nitrogens is 3. The molecule has 0 aliphatic heterocycles. The monoisotopic (exact) mass is 203 g/mol. The molecular weight excluding hydrogens is 190 g/mol. The molecule has 0 saturated heterocycles. The first-order valence-corrected chi connectivity index (χ1v) is 4.91. The van der Waals surface area contributed by atoms with Gasteiger partial charge in [0.1, 0.15) is 5.75 Å². The second-order valence-corrected chi connectivity index (χ2v) is 3.24. The van der Waals surface area contributed by atoms with Crippen LogP contribution in [0, 0.1) is 6.92 Å². The minimum Gasteiger partial charge on any atom is -0.424 e. The molecule has 0 bridgehead atoms. The van der Waals surface area contributed by atoms with Crippen LogP contribution in [0.25, 0.3) is 0 Å². The number of ether oxygens (including phenoxy) is 1. The molecular formula is C11H13N3O. The molecule has 0 aliphatic carbocycles. The third kappa shape index (κ3) is 2.15. The summed E-state index contributed by atoms with van der Waals surface area (Å²) in [5, 5.41) is 0. The largest absolute Gasteiger partial charge is 0.424 e. The van der Waals surface area contributed by atoms with Gasteiger partial charge in [0.15, 0.2) is 0 Å². The van der Waals surface area contributed by atoms with Crippen molar-refractivity contribution < 1.29 is 4.74 Å². The Balaban J connectivity index is 2.24. The van der Waals surface area contributed by atoms with E-state index in [-0.39, 0.29) is 0 Å². The summed E-state index contributed by atoms with van der Waals surface area (Å²) in [6, 6.07) is 4.31. The quantitative estimate of drug-likeness (QED) is 0.769. The molecule has 0 aromatic carbocycles. The Morgan fingerprint density at radius 2 is 2.33 bits per heavy atom. The van der Waals surface area contributed by atoms with Crippen LogP contribution in [0.2, 0.25) is 0 Å². The Hall–Kier alpha value is -1.84. The number of nitrogens with zero attached hydrogens (tertiary/aromatic N) is 3. The maximum Gasteiger partial charge on any atom is 0.302 e. The smallest absolute Gasteiger partial charge is 0.302 e. The SMILES string of the molecule is CCn1cc(C)nc1Oc1cccnc1. The van der Waals surface area contributed by atoms with E-state index < -0.39 is 0 Å². The van der Waals surface area contributed by atoms with Gasteiger partial charge in [-0.1, -0.05) is 0 Å². The Bertz CT molecular complexity index is 436.